The molecule has 2 rings (SSSR count). The van der Waals surface area contributed by atoms with Gasteiger partial charge in [0.15, 0.2) is 0 Å². The van der Waals surface area contributed by atoms with E-state index in [2.05, 4.69) is 51.3 Å². The largest absolute Gasteiger partial charge is 0.493 e. The standard InChI is InChI=1S/C15H24BrN3O/c1-3-10-20-15-5-4-14(16)11-13(15)12-17-19-8-6-18(2)7-9-19/h4-5,11,17H,3,6-10,12H2,1-2H3. The Morgan fingerprint density at radius 3 is 2.70 bits per heavy atom. The number of likely N-dealkylation sites (N-methyl/N-ethyl adjacent to an activating group) is 1. The van der Waals surface area contributed by atoms with Crippen molar-refractivity contribution < 1.29 is 4.74 Å². The summed E-state index contributed by atoms with van der Waals surface area (Å²) in [4.78, 5) is 2.35. The topological polar surface area (TPSA) is 27.7 Å². The van der Waals surface area contributed by atoms with Crippen LogP contribution < -0.4 is 10.2 Å². The fourth-order valence-electron chi connectivity index (χ4n) is 2.20. The molecule has 1 aromatic rings. The highest BCUT2D eigenvalue weighted by atomic mass is 79.9. The molecule has 0 spiro atoms. The number of halogens is 1. The summed E-state index contributed by atoms with van der Waals surface area (Å²) in [7, 11) is 2.17. The summed E-state index contributed by atoms with van der Waals surface area (Å²) in [5.41, 5.74) is 4.71. The van der Waals surface area contributed by atoms with Gasteiger partial charge < -0.3 is 9.64 Å². The lowest BCUT2D eigenvalue weighted by Gasteiger charge is -2.32. The Labute approximate surface area is 130 Å². The van der Waals surface area contributed by atoms with Crippen molar-refractivity contribution in [1.82, 2.24) is 15.3 Å². The minimum Gasteiger partial charge on any atom is -0.493 e. The first-order chi connectivity index (χ1) is 9.69. The molecule has 1 aliphatic heterocycles. The molecule has 112 valence electrons. The molecule has 0 radical (unpaired) electrons. The molecule has 0 unspecified atom stereocenters. The van der Waals surface area contributed by atoms with Crippen molar-refractivity contribution in [2.45, 2.75) is 19.9 Å². The van der Waals surface area contributed by atoms with Gasteiger partial charge >= 0.3 is 0 Å². The van der Waals surface area contributed by atoms with Gasteiger partial charge in [0, 0.05) is 42.8 Å². The number of nitrogens with one attached hydrogen (secondary N) is 1. The molecule has 0 saturated carbocycles. The van der Waals surface area contributed by atoms with Gasteiger partial charge in [-0.3, -0.25) is 5.43 Å². The Kier molecular flexibility index (Phi) is 6.29. The smallest absolute Gasteiger partial charge is 0.123 e. The number of piperazine rings is 1. The van der Waals surface area contributed by atoms with Gasteiger partial charge in [-0.15, -0.1) is 0 Å². The summed E-state index contributed by atoms with van der Waals surface area (Å²) in [6.45, 7) is 8.06. The summed E-state index contributed by atoms with van der Waals surface area (Å²) in [6, 6.07) is 6.21. The number of hydrogen-bond donors (Lipinski definition) is 1. The number of ether oxygens (including phenoxy) is 1. The summed E-state index contributed by atoms with van der Waals surface area (Å²) in [5.74, 6) is 0.983. The predicted octanol–water partition coefficient (Wildman–Crippen LogP) is 2.49. The van der Waals surface area contributed by atoms with Crippen LogP contribution in [0.3, 0.4) is 0 Å². The van der Waals surface area contributed by atoms with E-state index in [9.17, 15) is 0 Å². The predicted molar refractivity (Wildman–Crippen MR) is 85.8 cm³/mol. The van der Waals surface area contributed by atoms with E-state index in [1.54, 1.807) is 0 Å². The minimum absolute atomic E-state index is 0.767. The first-order valence-corrected chi connectivity index (χ1v) is 8.06. The number of rotatable bonds is 6. The third kappa shape index (κ3) is 4.74. The van der Waals surface area contributed by atoms with Crippen molar-refractivity contribution in [3.63, 3.8) is 0 Å². The molecule has 0 aromatic heterocycles. The van der Waals surface area contributed by atoms with Crippen LogP contribution in [-0.2, 0) is 6.54 Å². The molecule has 0 amide bonds. The van der Waals surface area contributed by atoms with E-state index in [1.807, 2.05) is 12.1 Å². The average molecular weight is 342 g/mol. The van der Waals surface area contributed by atoms with E-state index >= 15 is 0 Å². The van der Waals surface area contributed by atoms with Gasteiger partial charge in [-0.05, 0) is 31.7 Å². The quantitative estimate of drug-likeness (QED) is 0.860. The molecule has 5 heteroatoms. The Morgan fingerprint density at radius 1 is 1.25 bits per heavy atom. The summed E-state index contributed by atoms with van der Waals surface area (Å²) < 4.78 is 6.90. The van der Waals surface area contributed by atoms with Crippen molar-refractivity contribution in [3.05, 3.63) is 28.2 Å². The molecule has 20 heavy (non-hydrogen) atoms. The van der Waals surface area contributed by atoms with Gasteiger partial charge in [0.05, 0.1) is 6.61 Å². The maximum atomic E-state index is 5.81. The monoisotopic (exact) mass is 341 g/mol. The van der Waals surface area contributed by atoms with Gasteiger partial charge in [0.1, 0.15) is 5.75 Å². The maximum absolute atomic E-state index is 5.81. The summed E-state index contributed by atoms with van der Waals surface area (Å²) >= 11 is 3.53. The number of hydrogen-bond acceptors (Lipinski definition) is 4. The highest BCUT2D eigenvalue weighted by Gasteiger charge is 2.14. The SMILES string of the molecule is CCCOc1ccc(Br)cc1CNN1CCN(C)CC1. The van der Waals surface area contributed by atoms with Gasteiger partial charge in [-0.2, -0.15) is 0 Å². The van der Waals surface area contributed by atoms with Crippen molar-refractivity contribution in [2.24, 2.45) is 0 Å². The Morgan fingerprint density at radius 2 is 2.00 bits per heavy atom. The van der Waals surface area contributed by atoms with E-state index in [0.717, 1.165) is 56.0 Å². The van der Waals surface area contributed by atoms with E-state index in [0.29, 0.717) is 0 Å². The van der Waals surface area contributed by atoms with Crippen LogP contribution in [0.25, 0.3) is 0 Å². The Balaban J connectivity index is 1.92. The van der Waals surface area contributed by atoms with Crippen molar-refractivity contribution >= 4 is 15.9 Å². The van der Waals surface area contributed by atoms with Crippen LogP contribution in [-0.4, -0.2) is 49.7 Å². The highest BCUT2D eigenvalue weighted by molar-refractivity contribution is 9.10. The maximum Gasteiger partial charge on any atom is 0.123 e. The van der Waals surface area contributed by atoms with E-state index in [1.165, 1.54) is 5.56 Å². The van der Waals surface area contributed by atoms with E-state index in [-0.39, 0.29) is 0 Å². The zero-order valence-corrected chi connectivity index (χ0v) is 13.9. The molecule has 4 nitrogen and oxygen atoms in total. The fraction of sp³-hybridized carbons (Fsp3) is 0.600. The van der Waals surface area contributed by atoms with Crippen LogP contribution in [0, 0.1) is 0 Å². The van der Waals surface area contributed by atoms with Crippen LogP contribution >= 0.6 is 15.9 Å². The third-order valence-electron chi connectivity index (χ3n) is 3.48. The number of hydrazine groups is 1. The molecule has 0 bridgehead atoms. The van der Waals surface area contributed by atoms with Crippen LogP contribution in [0.15, 0.2) is 22.7 Å². The summed E-state index contributed by atoms with van der Waals surface area (Å²) in [6.07, 6.45) is 1.03. The van der Waals surface area contributed by atoms with E-state index in [4.69, 9.17) is 4.74 Å². The van der Waals surface area contributed by atoms with Crippen LogP contribution in [0.2, 0.25) is 0 Å². The van der Waals surface area contributed by atoms with E-state index < -0.39 is 0 Å². The molecule has 1 N–H and O–H groups in total. The van der Waals surface area contributed by atoms with Gasteiger partial charge in [0.25, 0.3) is 0 Å². The van der Waals surface area contributed by atoms with Crippen LogP contribution in [0.1, 0.15) is 18.9 Å². The normalized spacial score (nSPS) is 17.4. The molecular formula is C15H24BrN3O. The molecule has 0 aliphatic carbocycles. The second-order valence-electron chi connectivity index (χ2n) is 5.23. The zero-order chi connectivity index (χ0) is 14.4. The second-order valence-corrected chi connectivity index (χ2v) is 6.14. The Bertz CT molecular complexity index is 420. The third-order valence-corrected chi connectivity index (χ3v) is 3.97. The van der Waals surface area contributed by atoms with Crippen molar-refractivity contribution in [1.29, 1.82) is 0 Å². The number of benzene rings is 1. The van der Waals surface area contributed by atoms with Crippen LogP contribution in [0.4, 0.5) is 0 Å². The Hall–Kier alpha value is -0.620. The van der Waals surface area contributed by atoms with Gasteiger partial charge in [-0.1, -0.05) is 22.9 Å². The zero-order valence-electron chi connectivity index (χ0n) is 12.4. The fourth-order valence-corrected chi connectivity index (χ4v) is 2.61. The number of nitrogens with zero attached hydrogens (tertiary/aromatic N) is 2. The van der Waals surface area contributed by atoms with Gasteiger partial charge in [0.2, 0.25) is 0 Å². The molecule has 1 aliphatic rings. The molecule has 1 aromatic carbocycles. The highest BCUT2D eigenvalue weighted by Crippen LogP contribution is 2.23. The first kappa shape index (κ1) is 15.8. The lowest BCUT2D eigenvalue weighted by atomic mass is 10.2. The minimum atomic E-state index is 0.767. The van der Waals surface area contributed by atoms with Crippen LogP contribution in [0.5, 0.6) is 5.75 Å². The summed E-state index contributed by atoms with van der Waals surface area (Å²) in [5, 5.41) is 2.30. The van der Waals surface area contributed by atoms with Crippen molar-refractivity contribution in [2.75, 3.05) is 39.8 Å². The lowest BCUT2D eigenvalue weighted by molar-refractivity contribution is 0.101. The molecule has 1 saturated heterocycles. The molecular weight excluding hydrogens is 318 g/mol. The van der Waals surface area contributed by atoms with Crippen molar-refractivity contribution in [3.8, 4) is 5.75 Å². The molecule has 1 fully saturated rings. The second kappa shape index (κ2) is 7.98. The average Bonchev–Trinajstić information content (AvgIpc) is 2.46. The first-order valence-electron chi connectivity index (χ1n) is 7.27. The molecule has 1 heterocycles. The lowest BCUT2D eigenvalue weighted by Crippen LogP contribution is -2.50. The van der Waals surface area contributed by atoms with Gasteiger partial charge in [-0.25, -0.2) is 5.01 Å². The molecule has 0 atom stereocenters.